The van der Waals surface area contributed by atoms with Gasteiger partial charge in [0, 0.05) is 12.7 Å². The molecule has 2 rings (SSSR count). The zero-order chi connectivity index (χ0) is 12.1. The Hall–Kier alpha value is -1.12. The molecule has 1 N–H and O–H groups in total. The predicted octanol–water partition coefficient (Wildman–Crippen LogP) is 3.85. The zero-order valence-corrected chi connectivity index (χ0v) is 10.5. The molecule has 1 heterocycles. The van der Waals surface area contributed by atoms with Crippen LogP contribution in [0.4, 0.5) is 10.2 Å². The summed E-state index contributed by atoms with van der Waals surface area (Å²) in [5.41, 5.74) is 0. The van der Waals surface area contributed by atoms with Gasteiger partial charge in [0.15, 0.2) is 11.6 Å². The van der Waals surface area contributed by atoms with Crippen molar-refractivity contribution in [2.24, 2.45) is 11.8 Å². The molecule has 0 radical (unpaired) electrons. The lowest BCUT2D eigenvalue weighted by molar-refractivity contribution is 0.274. The first-order valence-electron chi connectivity index (χ1n) is 6.60. The Morgan fingerprint density at radius 3 is 3.12 bits per heavy atom. The Kier molecular flexibility index (Phi) is 4.35. The van der Waals surface area contributed by atoms with Crippen LogP contribution in [0.2, 0.25) is 0 Å². The van der Waals surface area contributed by atoms with E-state index < -0.39 is 0 Å². The van der Waals surface area contributed by atoms with Crippen molar-refractivity contribution in [2.45, 2.75) is 39.0 Å². The molecule has 0 spiro atoms. The van der Waals surface area contributed by atoms with Crippen molar-refractivity contribution in [1.29, 1.82) is 0 Å². The summed E-state index contributed by atoms with van der Waals surface area (Å²) in [7, 11) is 0. The number of nitrogens with one attached hydrogen (secondary N) is 1. The van der Waals surface area contributed by atoms with Crippen molar-refractivity contribution in [3.05, 3.63) is 24.1 Å². The van der Waals surface area contributed by atoms with Crippen molar-refractivity contribution < 1.29 is 4.39 Å². The highest BCUT2D eigenvalue weighted by Gasteiger charge is 2.18. The number of aromatic nitrogens is 1. The zero-order valence-electron chi connectivity index (χ0n) is 10.5. The summed E-state index contributed by atoms with van der Waals surface area (Å²) >= 11 is 0. The fraction of sp³-hybridized carbons (Fsp3) is 0.643. The molecule has 0 amide bonds. The minimum absolute atomic E-state index is 0.260. The van der Waals surface area contributed by atoms with E-state index in [-0.39, 0.29) is 5.82 Å². The molecule has 1 aliphatic carbocycles. The largest absolute Gasteiger partial charge is 0.368 e. The molecule has 0 aromatic carbocycles. The van der Waals surface area contributed by atoms with Gasteiger partial charge in [0.2, 0.25) is 0 Å². The summed E-state index contributed by atoms with van der Waals surface area (Å²) in [5, 5.41) is 3.09. The highest BCUT2D eigenvalue weighted by atomic mass is 19.1. The quantitative estimate of drug-likeness (QED) is 0.859. The molecule has 2 unspecified atom stereocenters. The van der Waals surface area contributed by atoms with Gasteiger partial charge in [-0.3, -0.25) is 0 Å². The number of anilines is 1. The van der Waals surface area contributed by atoms with Gasteiger partial charge in [-0.25, -0.2) is 9.37 Å². The second-order valence-electron chi connectivity index (χ2n) is 5.19. The van der Waals surface area contributed by atoms with Gasteiger partial charge in [-0.2, -0.15) is 0 Å². The molecular formula is C14H21FN2. The van der Waals surface area contributed by atoms with E-state index in [4.69, 9.17) is 0 Å². The standard InChI is InChI=1S/C14H21FN2/c1-11-4-2-5-12(10-11)7-9-17-14-13(15)6-3-8-16-14/h3,6,8,11-12H,2,4-5,7,9-10H2,1H3,(H,16,17). The van der Waals surface area contributed by atoms with Gasteiger partial charge in [-0.05, 0) is 36.8 Å². The summed E-state index contributed by atoms with van der Waals surface area (Å²) in [6.45, 7) is 3.16. The van der Waals surface area contributed by atoms with E-state index in [0.29, 0.717) is 5.82 Å². The van der Waals surface area contributed by atoms with E-state index in [1.54, 1.807) is 12.3 Å². The number of rotatable bonds is 4. The second-order valence-corrected chi connectivity index (χ2v) is 5.19. The van der Waals surface area contributed by atoms with Gasteiger partial charge in [0.05, 0.1) is 0 Å². The number of hydrogen-bond donors (Lipinski definition) is 1. The molecule has 2 atom stereocenters. The van der Waals surface area contributed by atoms with E-state index in [0.717, 1.165) is 24.8 Å². The average Bonchev–Trinajstić information content (AvgIpc) is 2.32. The Morgan fingerprint density at radius 1 is 1.47 bits per heavy atom. The first-order valence-corrected chi connectivity index (χ1v) is 6.60. The molecular weight excluding hydrogens is 215 g/mol. The molecule has 17 heavy (non-hydrogen) atoms. The monoisotopic (exact) mass is 236 g/mol. The molecule has 1 aromatic rings. The van der Waals surface area contributed by atoms with E-state index >= 15 is 0 Å². The van der Waals surface area contributed by atoms with Gasteiger partial charge in [-0.15, -0.1) is 0 Å². The average molecular weight is 236 g/mol. The van der Waals surface area contributed by atoms with Gasteiger partial charge < -0.3 is 5.32 Å². The predicted molar refractivity (Wildman–Crippen MR) is 68.4 cm³/mol. The first kappa shape index (κ1) is 12.3. The van der Waals surface area contributed by atoms with E-state index in [1.165, 1.54) is 31.7 Å². The van der Waals surface area contributed by atoms with Crippen LogP contribution in [0.25, 0.3) is 0 Å². The van der Waals surface area contributed by atoms with E-state index in [2.05, 4.69) is 17.2 Å². The lowest BCUT2D eigenvalue weighted by Gasteiger charge is -2.26. The first-order chi connectivity index (χ1) is 8.25. The maximum atomic E-state index is 13.3. The lowest BCUT2D eigenvalue weighted by Crippen LogP contribution is -2.17. The van der Waals surface area contributed by atoms with Crippen LogP contribution in [-0.4, -0.2) is 11.5 Å². The summed E-state index contributed by atoms with van der Waals surface area (Å²) in [6, 6.07) is 3.06. The Morgan fingerprint density at radius 2 is 2.35 bits per heavy atom. The van der Waals surface area contributed by atoms with Crippen LogP contribution in [0.15, 0.2) is 18.3 Å². The van der Waals surface area contributed by atoms with Gasteiger partial charge in [0.25, 0.3) is 0 Å². The summed E-state index contributed by atoms with van der Waals surface area (Å²) in [4.78, 5) is 3.99. The van der Waals surface area contributed by atoms with Crippen LogP contribution >= 0.6 is 0 Å². The van der Waals surface area contributed by atoms with Crippen molar-refractivity contribution in [3.63, 3.8) is 0 Å². The van der Waals surface area contributed by atoms with E-state index in [9.17, 15) is 4.39 Å². The van der Waals surface area contributed by atoms with Gasteiger partial charge in [-0.1, -0.05) is 26.2 Å². The van der Waals surface area contributed by atoms with Crippen LogP contribution in [-0.2, 0) is 0 Å². The third-order valence-corrected chi connectivity index (χ3v) is 3.65. The van der Waals surface area contributed by atoms with Crippen LogP contribution in [0.5, 0.6) is 0 Å². The Labute approximate surface area is 103 Å². The SMILES string of the molecule is CC1CCCC(CCNc2ncccc2F)C1. The highest BCUT2D eigenvalue weighted by Crippen LogP contribution is 2.30. The third kappa shape index (κ3) is 3.69. The minimum atomic E-state index is -0.260. The molecule has 0 saturated heterocycles. The highest BCUT2D eigenvalue weighted by molar-refractivity contribution is 5.35. The fourth-order valence-electron chi connectivity index (χ4n) is 2.73. The molecule has 0 aliphatic heterocycles. The molecule has 1 fully saturated rings. The normalized spacial score (nSPS) is 24.6. The maximum absolute atomic E-state index is 13.3. The number of hydrogen-bond acceptors (Lipinski definition) is 2. The van der Waals surface area contributed by atoms with E-state index in [1.807, 2.05) is 0 Å². The summed E-state index contributed by atoms with van der Waals surface area (Å²) in [5.74, 6) is 1.79. The van der Waals surface area contributed by atoms with Crippen molar-refractivity contribution >= 4 is 5.82 Å². The minimum Gasteiger partial charge on any atom is -0.368 e. The molecule has 1 saturated carbocycles. The molecule has 0 bridgehead atoms. The van der Waals surface area contributed by atoms with Crippen molar-refractivity contribution in [1.82, 2.24) is 4.98 Å². The topological polar surface area (TPSA) is 24.9 Å². The van der Waals surface area contributed by atoms with Crippen molar-refractivity contribution in [3.8, 4) is 0 Å². The van der Waals surface area contributed by atoms with Crippen molar-refractivity contribution in [2.75, 3.05) is 11.9 Å². The molecule has 94 valence electrons. The second kappa shape index (κ2) is 5.99. The Balaban J connectivity index is 1.74. The lowest BCUT2D eigenvalue weighted by atomic mass is 9.81. The third-order valence-electron chi connectivity index (χ3n) is 3.65. The molecule has 1 aromatic heterocycles. The fourth-order valence-corrected chi connectivity index (χ4v) is 2.73. The molecule has 2 nitrogen and oxygen atoms in total. The summed E-state index contributed by atoms with van der Waals surface area (Å²) in [6.07, 6.45) is 8.13. The van der Waals surface area contributed by atoms with Crippen LogP contribution in [0.1, 0.15) is 39.0 Å². The number of halogens is 1. The van der Waals surface area contributed by atoms with Crippen LogP contribution < -0.4 is 5.32 Å². The maximum Gasteiger partial charge on any atom is 0.165 e. The smallest absolute Gasteiger partial charge is 0.165 e. The Bertz CT molecular complexity index is 354. The summed E-state index contributed by atoms with van der Waals surface area (Å²) < 4.78 is 13.3. The van der Waals surface area contributed by atoms with Crippen LogP contribution in [0, 0.1) is 17.7 Å². The molecule has 3 heteroatoms. The molecule has 1 aliphatic rings. The number of pyridine rings is 1. The van der Waals surface area contributed by atoms with Gasteiger partial charge >= 0.3 is 0 Å². The number of nitrogens with zero attached hydrogens (tertiary/aromatic N) is 1. The van der Waals surface area contributed by atoms with Gasteiger partial charge in [0.1, 0.15) is 0 Å². The van der Waals surface area contributed by atoms with Crippen LogP contribution in [0.3, 0.4) is 0 Å².